The third-order valence-corrected chi connectivity index (χ3v) is 9.54. The fourth-order valence-corrected chi connectivity index (χ4v) is 8.18. The van der Waals surface area contributed by atoms with Crippen LogP contribution >= 0.6 is 0 Å². The second kappa shape index (κ2) is 5.50. The van der Waals surface area contributed by atoms with Gasteiger partial charge < -0.3 is 18.4 Å². The molecule has 1 saturated carbocycles. The van der Waals surface area contributed by atoms with Crippen molar-refractivity contribution < 1.29 is 23.2 Å². The number of rotatable bonds is 7. The highest BCUT2D eigenvalue weighted by atomic mass is 28.4. The van der Waals surface area contributed by atoms with Crippen molar-refractivity contribution in [3.8, 4) is 0 Å². The van der Waals surface area contributed by atoms with Crippen LogP contribution in [-0.4, -0.2) is 41.2 Å². The second-order valence-electron chi connectivity index (χ2n) is 6.17. The smallest absolute Gasteiger partial charge is 0.481 e. The molecule has 5 nitrogen and oxygen atoms in total. The maximum absolute atomic E-state index is 12.5. The molecule has 0 aromatic heterocycles. The average molecular weight is 314 g/mol. The van der Waals surface area contributed by atoms with Gasteiger partial charge in [0.2, 0.25) is 0 Å². The Morgan fingerprint density at radius 1 is 1.43 bits per heavy atom. The first-order valence-corrected chi connectivity index (χ1v) is 9.20. The molecule has 0 aromatic carbocycles. The summed E-state index contributed by atoms with van der Waals surface area (Å²) in [5.74, 6) is -0.384. The molecule has 0 radical (unpaired) electrons. The number of allylic oxidation sites excluding steroid dienone is 2. The predicted octanol–water partition coefficient (Wildman–Crippen LogP) is 2.85. The third-order valence-electron chi connectivity index (χ3n) is 5.83. The van der Waals surface area contributed by atoms with Crippen LogP contribution in [0.4, 0.5) is 0 Å². The van der Waals surface area contributed by atoms with Crippen LogP contribution in [0.3, 0.4) is 0 Å². The van der Waals surface area contributed by atoms with Gasteiger partial charge in [-0.05, 0) is 38.5 Å². The summed E-state index contributed by atoms with van der Waals surface area (Å²) in [6.07, 6.45) is 5.43. The monoisotopic (exact) mass is 314 g/mol. The van der Waals surface area contributed by atoms with Crippen LogP contribution < -0.4 is 0 Å². The summed E-state index contributed by atoms with van der Waals surface area (Å²) >= 11 is 0. The first kappa shape index (κ1) is 16.7. The molecule has 120 valence electrons. The maximum atomic E-state index is 12.5. The maximum Gasteiger partial charge on any atom is 0.519 e. The lowest BCUT2D eigenvalue weighted by atomic mass is 9.68. The quantitative estimate of drug-likeness (QED) is 0.578. The van der Waals surface area contributed by atoms with E-state index in [2.05, 4.69) is 6.08 Å². The largest absolute Gasteiger partial charge is 0.519 e. The van der Waals surface area contributed by atoms with Crippen LogP contribution in [0.25, 0.3) is 0 Å². The molecule has 1 N–H and O–H groups in total. The summed E-state index contributed by atoms with van der Waals surface area (Å²) in [6, 6.07) is 0. The van der Waals surface area contributed by atoms with E-state index >= 15 is 0 Å². The summed E-state index contributed by atoms with van der Waals surface area (Å²) in [5.41, 5.74) is 0.748. The standard InChI is InChI=1S/C15H26O5Si/c1-6-15(13(16)17,21(18-3,19-4)20-5)14-8-7-12(10-14)9-11(14)2/h9,12H,6-8,10H2,1-5H3,(H,16,17). The highest BCUT2D eigenvalue weighted by molar-refractivity contribution is 6.68. The molecule has 0 saturated heterocycles. The Bertz CT molecular complexity index is 451. The van der Waals surface area contributed by atoms with Gasteiger partial charge in [0.1, 0.15) is 5.04 Å². The first-order valence-electron chi connectivity index (χ1n) is 7.47. The van der Waals surface area contributed by atoms with E-state index < -0.39 is 25.2 Å². The summed E-state index contributed by atoms with van der Waals surface area (Å²) in [4.78, 5) is 12.5. The van der Waals surface area contributed by atoms with E-state index in [1.54, 1.807) is 0 Å². The zero-order valence-corrected chi connectivity index (χ0v) is 14.6. The minimum absolute atomic E-state index is 0.410. The minimum atomic E-state index is -3.37. The van der Waals surface area contributed by atoms with Gasteiger partial charge in [0, 0.05) is 26.7 Å². The number of carbonyl (C=O) groups is 1. The van der Waals surface area contributed by atoms with E-state index in [-0.39, 0.29) is 0 Å². The zero-order chi connectivity index (χ0) is 15.9. The summed E-state index contributed by atoms with van der Waals surface area (Å²) in [5, 5.41) is 9.08. The Kier molecular flexibility index (Phi) is 4.37. The van der Waals surface area contributed by atoms with Crippen molar-refractivity contribution in [2.24, 2.45) is 11.3 Å². The van der Waals surface area contributed by atoms with Gasteiger partial charge >= 0.3 is 14.8 Å². The number of aliphatic carboxylic acids is 1. The lowest BCUT2D eigenvalue weighted by Gasteiger charge is -2.51. The minimum Gasteiger partial charge on any atom is -0.481 e. The summed E-state index contributed by atoms with van der Waals surface area (Å²) < 4.78 is 16.9. The summed E-state index contributed by atoms with van der Waals surface area (Å²) in [7, 11) is 1.14. The van der Waals surface area contributed by atoms with Gasteiger partial charge in [0.15, 0.2) is 0 Å². The Labute approximate surface area is 127 Å². The van der Waals surface area contributed by atoms with Crippen molar-refractivity contribution in [1.29, 1.82) is 0 Å². The van der Waals surface area contributed by atoms with E-state index in [9.17, 15) is 9.90 Å². The van der Waals surface area contributed by atoms with Crippen molar-refractivity contribution in [1.82, 2.24) is 0 Å². The predicted molar refractivity (Wildman–Crippen MR) is 80.9 cm³/mol. The molecule has 0 aliphatic heterocycles. The molecule has 1 fully saturated rings. The molecule has 6 heteroatoms. The van der Waals surface area contributed by atoms with Crippen molar-refractivity contribution >= 4 is 14.8 Å². The average Bonchev–Trinajstić information content (AvgIpc) is 3.02. The number of hydrogen-bond donors (Lipinski definition) is 1. The van der Waals surface area contributed by atoms with E-state index in [0.29, 0.717) is 12.3 Å². The normalized spacial score (nSPS) is 31.1. The number of fused-ring (bicyclic) bond motifs is 2. The number of carboxylic acids is 1. The molecule has 0 aromatic rings. The summed E-state index contributed by atoms with van der Waals surface area (Å²) in [6.45, 7) is 3.95. The van der Waals surface area contributed by atoms with Crippen LogP contribution in [-0.2, 0) is 18.1 Å². The van der Waals surface area contributed by atoms with E-state index in [4.69, 9.17) is 13.3 Å². The molecule has 3 unspecified atom stereocenters. The molecular formula is C15H26O5Si. The molecule has 2 aliphatic rings. The SMILES string of the molecule is CCC(C(=O)O)(C12CCC(C=C1C)C2)[Si](OC)(OC)OC. The molecule has 2 aliphatic carbocycles. The molecule has 2 rings (SSSR count). The van der Waals surface area contributed by atoms with Gasteiger partial charge in [-0.15, -0.1) is 0 Å². The van der Waals surface area contributed by atoms with Gasteiger partial charge in [-0.3, -0.25) is 4.79 Å². The van der Waals surface area contributed by atoms with Crippen LogP contribution in [0.5, 0.6) is 0 Å². The fourth-order valence-electron chi connectivity index (χ4n) is 4.93. The topological polar surface area (TPSA) is 65.0 Å². The van der Waals surface area contributed by atoms with Crippen LogP contribution in [0.15, 0.2) is 11.6 Å². The van der Waals surface area contributed by atoms with Crippen molar-refractivity contribution in [2.45, 2.75) is 44.6 Å². The second-order valence-corrected chi connectivity index (χ2v) is 9.36. The molecule has 2 bridgehead atoms. The zero-order valence-electron chi connectivity index (χ0n) is 13.6. The lowest BCUT2D eigenvalue weighted by molar-refractivity contribution is -0.148. The van der Waals surface area contributed by atoms with Crippen LogP contribution in [0.1, 0.15) is 39.5 Å². The molecule has 3 atom stereocenters. The highest BCUT2D eigenvalue weighted by Crippen LogP contribution is 2.70. The molecular weight excluding hydrogens is 288 g/mol. The molecule has 21 heavy (non-hydrogen) atoms. The van der Waals surface area contributed by atoms with Gasteiger partial charge in [-0.1, -0.05) is 18.6 Å². The Morgan fingerprint density at radius 3 is 2.29 bits per heavy atom. The van der Waals surface area contributed by atoms with Gasteiger partial charge in [0.05, 0.1) is 0 Å². The highest BCUT2D eigenvalue weighted by Gasteiger charge is 2.75. The fraction of sp³-hybridized carbons (Fsp3) is 0.800. The van der Waals surface area contributed by atoms with E-state index in [1.165, 1.54) is 21.3 Å². The Balaban J connectivity index is 2.69. The van der Waals surface area contributed by atoms with Gasteiger partial charge in [-0.25, -0.2) is 0 Å². The number of carboxylic acid groups (broad SMARTS) is 1. The van der Waals surface area contributed by atoms with Gasteiger partial charge in [0.25, 0.3) is 0 Å². The van der Waals surface area contributed by atoms with Crippen LogP contribution in [0, 0.1) is 11.3 Å². The first-order chi connectivity index (χ1) is 9.89. The van der Waals surface area contributed by atoms with Crippen molar-refractivity contribution in [3.63, 3.8) is 0 Å². The molecule has 0 spiro atoms. The number of hydrogen-bond acceptors (Lipinski definition) is 4. The van der Waals surface area contributed by atoms with E-state index in [0.717, 1.165) is 24.8 Å². The van der Waals surface area contributed by atoms with Crippen molar-refractivity contribution in [2.75, 3.05) is 21.3 Å². The van der Waals surface area contributed by atoms with E-state index in [1.807, 2.05) is 13.8 Å². The third kappa shape index (κ3) is 1.82. The Morgan fingerprint density at radius 2 is 2.00 bits per heavy atom. The molecule has 0 heterocycles. The molecule has 0 amide bonds. The Hall–Kier alpha value is -0.693. The van der Waals surface area contributed by atoms with Crippen LogP contribution in [0.2, 0.25) is 5.04 Å². The van der Waals surface area contributed by atoms with Crippen molar-refractivity contribution in [3.05, 3.63) is 11.6 Å². The lowest BCUT2D eigenvalue weighted by Crippen LogP contribution is -2.64. The van der Waals surface area contributed by atoms with Gasteiger partial charge in [-0.2, -0.15) is 0 Å².